The Labute approximate surface area is 211 Å². The van der Waals surface area contributed by atoms with E-state index in [9.17, 15) is 9.59 Å². The van der Waals surface area contributed by atoms with Gasteiger partial charge in [-0.3, -0.25) is 9.36 Å². The summed E-state index contributed by atoms with van der Waals surface area (Å²) in [5, 5.41) is 4.28. The van der Waals surface area contributed by atoms with Crippen LogP contribution in [0.5, 0.6) is 0 Å². The van der Waals surface area contributed by atoms with E-state index in [0.717, 1.165) is 11.4 Å². The van der Waals surface area contributed by atoms with E-state index < -0.39 is 15.6 Å². The number of fused-ring (bicyclic) bond motifs is 1. The van der Waals surface area contributed by atoms with E-state index in [1.54, 1.807) is 4.90 Å². The number of aromatic nitrogens is 4. The molecule has 1 aliphatic rings. The molecule has 0 aliphatic carbocycles. The predicted molar refractivity (Wildman–Crippen MR) is 141 cm³/mol. The van der Waals surface area contributed by atoms with E-state index in [-0.39, 0.29) is 11.7 Å². The van der Waals surface area contributed by atoms with Crippen LogP contribution >= 0.6 is 26.0 Å². The van der Waals surface area contributed by atoms with Crippen molar-refractivity contribution in [1.29, 1.82) is 0 Å². The molecule has 34 heavy (non-hydrogen) atoms. The molecule has 2 aromatic heterocycles. The molecule has 1 aliphatic heterocycles. The average molecular weight is 562 g/mol. The fourth-order valence-corrected chi connectivity index (χ4v) is 4.71. The number of nitrogens with zero attached hydrogens (tertiary/aromatic N) is 6. The minimum Gasteiger partial charge on any atom is -0.444 e. The molecule has 0 spiro atoms. The Balaban J connectivity index is 1.88. The van der Waals surface area contributed by atoms with Gasteiger partial charge in [0.15, 0.2) is 0 Å². The average Bonchev–Trinajstić information content (AvgIpc) is 3.12. The molecule has 0 unspecified atom stereocenters. The zero-order valence-electron chi connectivity index (χ0n) is 21.3. The second-order valence-corrected chi connectivity index (χ2v) is 15.6. The van der Waals surface area contributed by atoms with Crippen LogP contribution in [0.25, 0.3) is 5.78 Å². The standard InChI is InChI=1S/C22H37BrN6O4S/c1-8-16-17(26-9-11-27(12-10-26)21(31)33-22(2,3)4)18(30)29-20(24-19(23)25-29)28(16)15-32-13-14-34(5,6)7/h8-15H2,1-7H3. The van der Waals surface area contributed by atoms with E-state index in [0.29, 0.717) is 62.1 Å². The molecule has 1 saturated heterocycles. The van der Waals surface area contributed by atoms with Crippen LogP contribution in [0.15, 0.2) is 9.53 Å². The summed E-state index contributed by atoms with van der Waals surface area (Å²) in [6.45, 7) is 10.5. The van der Waals surface area contributed by atoms with Crippen molar-refractivity contribution in [1.82, 2.24) is 24.1 Å². The van der Waals surface area contributed by atoms with Gasteiger partial charge in [0, 0.05) is 31.9 Å². The lowest BCUT2D eigenvalue weighted by Gasteiger charge is -2.37. The molecule has 0 saturated carbocycles. The quantitative estimate of drug-likeness (QED) is 0.480. The van der Waals surface area contributed by atoms with Crippen molar-refractivity contribution in [3.63, 3.8) is 0 Å². The molecule has 0 radical (unpaired) electrons. The van der Waals surface area contributed by atoms with Crippen molar-refractivity contribution in [2.24, 2.45) is 0 Å². The van der Waals surface area contributed by atoms with Gasteiger partial charge >= 0.3 is 6.09 Å². The van der Waals surface area contributed by atoms with Gasteiger partial charge in [-0.15, -0.1) is 5.10 Å². The summed E-state index contributed by atoms with van der Waals surface area (Å²) in [6, 6.07) is 0. The lowest BCUT2D eigenvalue weighted by molar-refractivity contribution is 0.0240. The second-order valence-electron chi connectivity index (χ2n) is 10.3. The highest BCUT2D eigenvalue weighted by atomic mass is 79.9. The minimum absolute atomic E-state index is 0.217. The van der Waals surface area contributed by atoms with E-state index in [4.69, 9.17) is 9.47 Å². The molecule has 0 aromatic carbocycles. The van der Waals surface area contributed by atoms with Gasteiger partial charge in [-0.25, -0.2) is 14.8 Å². The van der Waals surface area contributed by atoms with Crippen LogP contribution in [0.4, 0.5) is 10.5 Å². The summed E-state index contributed by atoms with van der Waals surface area (Å²) in [7, 11) is -0.664. The maximum absolute atomic E-state index is 13.5. The first-order valence-electron chi connectivity index (χ1n) is 11.5. The predicted octanol–water partition coefficient (Wildman–Crippen LogP) is 2.94. The highest BCUT2D eigenvalue weighted by Gasteiger charge is 2.29. The summed E-state index contributed by atoms with van der Waals surface area (Å²) >= 11 is 3.31. The molecule has 12 heteroatoms. The molecule has 2 aromatic rings. The zero-order chi connectivity index (χ0) is 25.3. The first kappa shape index (κ1) is 26.8. The van der Waals surface area contributed by atoms with Gasteiger partial charge < -0.3 is 19.3 Å². The number of anilines is 1. The summed E-state index contributed by atoms with van der Waals surface area (Å²) < 4.78 is 15.2. The van der Waals surface area contributed by atoms with Gasteiger partial charge in [-0.05, 0) is 61.9 Å². The van der Waals surface area contributed by atoms with Gasteiger partial charge in [0.2, 0.25) is 10.5 Å². The number of amides is 1. The maximum atomic E-state index is 13.5. The van der Waals surface area contributed by atoms with Crippen LogP contribution in [0.3, 0.4) is 0 Å². The number of halogens is 1. The van der Waals surface area contributed by atoms with Crippen LogP contribution in [-0.4, -0.2) is 93.1 Å². The molecule has 1 fully saturated rings. The maximum Gasteiger partial charge on any atom is 0.410 e. The zero-order valence-corrected chi connectivity index (χ0v) is 23.7. The third-order valence-electron chi connectivity index (χ3n) is 5.44. The van der Waals surface area contributed by atoms with Crippen LogP contribution in [-0.2, 0) is 22.6 Å². The lowest BCUT2D eigenvalue weighted by atomic mass is 10.2. The van der Waals surface area contributed by atoms with E-state index in [1.165, 1.54) is 4.52 Å². The minimum atomic E-state index is -0.664. The Bertz CT molecular complexity index is 1080. The van der Waals surface area contributed by atoms with Crippen molar-refractivity contribution in [3.8, 4) is 0 Å². The van der Waals surface area contributed by atoms with E-state index >= 15 is 0 Å². The van der Waals surface area contributed by atoms with Crippen molar-refractivity contribution in [2.45, 2.75) is 46.4 Å². The van der Waals surface area contributed by atoms with Crippen molar-refractivity contribution in [2.75, 3.05) is 62.2 Å². The topological polar surface area (TPSA) is 94.2 Å². The number of hydrogen-bond acceptors (Lipinski definition) is 7. The van der Waals surface area contributed by atoms with Crippen molar-refractivity contribution >= 4 is 43.5 Å². The summed E-state index contributed by atoms with van der Waals surface area (Å²) in [5.74, 6) is 1.45. The normalized spacial score (nSPS) is 15.8. The van der Waals surface area contributed by atoms with Gasteiger partial charge in [0.05, 0.1) is 12.3 Å². The van der Waals surface area contributed by atoms with Gasteiger partial charge in [-0.2, -0.15) is 9.50 Å². The van der Waals surface area contributed by atoms with Crippen LogP contribution < -0.4 is 10.5 Å². The molecular weight excluding hydrogens is 524 g/mol. The third-order valence-corrected chi connectivity index (χ3v) is 7.17. The number of carbonyl (C=O) groups excluding carboxylic acids is 1. The smallest absolute Gasteiger partial charge is 0.410 e. The Morgan fingerprint density at radius 2 is 1.79 bits per heavy atom. The first-order chi connectivity index (χ1) is 15.8. The monoisotopic (exact) mass is 560 g/mol. The largest absolute Gasteiger partial charge is 0.444 e. The van der Waals surface area contributed by atoms with E-state index in [2.05, 4.69) is 44.8 Å². The van der Waals surface area contributed by atoms with Crippen molar-refractivity contribution in [3.05, 3.63) is 20.8 Å². The first-order valence-corrected chi connectivity index (χ1v) is 15.3. The fourth-order valence-electron chi connectivity index (χ4n) is 3.78. The molecule has 0 N–H and O–H groups in total. The molecular formula is C22H37BrN6O4S. The number of hydrogen-bond donors (Lipinski definition) is 0. The summed E-state index contributed by atoms with van der Waals surface area (Å²) in [6.07, 6.45) is 7.08. The van der Waals surface area contributed by atoms with Crippen LogP contribution in [0, 0.1) is 0 Å². The van der Waals surface area contributed by atoms with Gasteiger partial charge in [-0.1, -0.05) is 6.92 Å². The molecule has 1 amide bonds. The van der Waals surface area contributed by atoms with Crippen LogP contribution in [0.1, 0.15) is 33.4 Å². The molecule has 10 nitrogen and oxygen atoms in total. The fraction of sp³-hybridized carbons (Fsp3) is 0.727. The number of ether oxygens (including phenoxy) is 2. The van der Waals surface area contributed by atoms with E-state index in [1.807, 2.05) is 37.2 Å². The summed E-state index contributed by atoms with van der Waals surface area (Å²) in [5.41, 5.74) is 0.677. The van der Waals surface area contributed by atoms with Gasteiger partial charge in [0.25, 0.3) is 5.56 Å². The SMILES string of the molecule is CCc1c(N2CCN(C(=O)OC(C)(C)C)CC2)c(=O)n2nc(Br)nc2n1COCCS(C)(C)C. The highest BCUT2D eigenvalue weighted by molar-refractivity contribution is 9.10. The summed E-state index contributed by atoms with van der Waals surface area (Å²) in [4.78, 5) is 34.1. The Morgan fingerprint density at radius 1 is 1.15 bits per heavy atom. The Hall–Kier alpha value is -1.79. The Kier molecular flexibility index (Phi) is 8.24. The number of rotatable bonds is 7. The molecule has 192 valence electrons. The molecule has 0 atom stereocenters. The highest BCUT2D eigenvalue weighted by Crippen LogP contribution is 2.33. The number of piperazine rings is 1. The third kappa shape index (κ3) is 6.45. The molecule has 0 bridgehead atoms. The van der Waals surface area contributed by atoms with Gasteiger partial charge in [0.1, 0.15) is 18.0 Å². The van der Waals surface area contributed by atoms with Crippen LogP contribution in [0.2, 0.25) is 0 Å². The lowest BCUT2D eigenvalue weighted by Crippen LogP contribution is -2.51. The Morgan fingerprint density at radius 3 is 2.35 bits per heavy atom. The van der Waals surface area contributed by atoms with Crippen molar-refractivity contribution < 1.29 is 14.3 Å². The molecule has 3 rings (SSSR count). The number of carbonyl (C=O) groups is 1. The molecule has 3 heterocycles. The second kappa shape index (κ2) is 10.4.